The van der Waals surface area contributed by atoms with Gasteiger partial charge in [-0.3, -0.25) is 9.59 Å². The van der Waals surface area contributed by atoms with Gasteiger partial charge in [-0.15, -0.1) is 10.1 Å². The molecule has 12 nitrogen and oxygen atoms in total. The predicted octanol–water partition coefficient (Wildman–Crippen LogP) is -0.557. The average molecular weight is 348 g/mol. The molecule has 2 N–H and O–H groups in total. The van der Waals surface area contributed by atoms with Crippen molar-refractivity contribution in [2.24, 2.45) is 5.73 Å². The van der Waals surface area contributed by atoms with E-state index >= 15 is 0 Å². The molecular weight excluding hydrogens is 332 g/mol. The molecule has 0 amide bonds. The fourth-order valence-electron chi connectivity index (χ4n) is 1.43. The average Bonchev–Trinajstić information content (AvgIpc) is 2.84. The zero-order valence-electron chi connectivity index (χ0n) is 12.7. The molecule has 1 unspecified atom stereocenters. The van der Waals surface area contributed by atoms with Gasteiger partial charge in [-0.1, -0.05) is 0 Å². The highest BCUT2D eigenvalue weighted by Gasteiger charge is 2.19. The van der Waals surface area contributed by atoms with Crippen molar-refractivity contribution >= 4 is 11.9 Å². The van der Waals surface area contributed by atoms with Crippen LogP contribution in [0, 0.1) is 17.0 Å². The van der Waals surface area contributed by atoms with E-state index in [1.165, 1.54) is 6.92 Å². The maximum Gasteiger partial charge on any atom is 0.519 e. The number of esters is 2. The van der Waals surface area contributed by atoms with E-state index in [-0.39, 0.29) is 37.6 Å². The van der Waals surface area contributed by atoms with Crippen LogP contribution in [0.1, 0.15) is 24.4 Å². The Labute approximate surface area is 134 Å². The Morgan fingerprint density at radius 2 is 2.04 bits per heavy atom. The normalized spacial score (nSPS) is 11.6. The van der Waals surface area contributed by atoms with Gasteiger partial charge in [-0.05, 0) is 13.3 Å². The first kappa shape index (κ1) is 19.2. The van der Waals surface area contributed by atoms with Crippen LogP contribution in [-0.2, 0) is 30.5 Å². The Morgan fingerprint density at radius 3 is 2.62 bits per heavy atom. The van der Waals surface area contributed by atoms with E-state index in [4.69, 9.17) is 15.2 Å². The molecule has 1 aromatic heterocycles. The topological polar surface area (TPSA) is 174 Å². The zero-order chi connectivity index (χ0) is 18.1. The number of nitrogens with two attached hydrogens (primary N) is 1. The van der Waals surface area contributed by atoms with Crippen molar-refractivity contribution in [3.05, 3.63) is 32.3 Å². The number of rotatable bonds is 10. The van der Waals surface area contributed by atoms with Crippen LogP contribution in [0.3, 0.4) is 0 Å². The van der Waals surface area contributed by atoms with E-state index in [9.17, 15) is 24.5 Å². The van der Waals surface area contributed by atoms with Crippen LogP contribution in [0.2, 0.25) is 0 Å². The van der Waals surface area contributed by atoms with Crippen LogP contribution in [0.4, 0.5) is 0 Å². The second kappa shape index (κ2) is 9.29. The highest BCUT2D eigenvalue weighted by atomic mass is 16.9. The minimum atomic E-state index is -1.23. The standard InChI is InChI=1S/C12H16N2O10/c1-7-9(24-12(17)23-7)6-21-11(16)8(13)5-20-10(15)3-2-4-22-14(18)19/h8H,2-6,13H2,1H3. The van der Waals surface area contributed by atoms with Gasteiger partial charge in [-0.2, -0.15) is 0 Å². The first-order valence-corrected chi connectivity index (χ1v) is 6.74. The number of nitrogens with zero attached hydrogens (tertiary/aromatic N) is 1. The first-order valence-electron chi connectivity index (χ1n) is 6.74. The van der Waals surface area contributed by atoms with Gasteiger partial charge in [0.1, 0.15) is 12.6 Å². The molecule has 24 heavy (non-hydrogen) atoms. The van der Waals surface area contributed by atoms with E-state index in [0.29, 0.717) is 0 Å². The monoisotopic (exact) mass is 348 g/mol. The van der Waals surface area contributed by atoms with E-state index < -0.39 is 35.5 Å². The third-order valence-corrected chi connectivity index (χ3v) is 2.63. The highest BCUT2D eigenvalue weighted by molar-refractivity contribution is 5.76. The first-order chi connectivity index (χ1) is 11.3. The lowest BCUT2D eigenvalue weighted by atomic mass is 10.3. The maximum absolute atomic E-state index is 11.6. The molecule has 1 aromatic rings. The molecule has 0 aliphatic carbocycles. The lowest BCUT2D eigenvalue weighted by Gasteiger charge is -2.11. The summed E-state index contributed by atoms with van der Waals surface area (Å²) in [7, 11) is 0. The molecule has 0 fully saturated rings. The Kier molecular flexibility index (Phi) is 7.42. The summed E-state index contributed by atoms with van der Waals surface area (Å²) in [6.45, 7) is 0.433. The molecule has 1 rings (SSSR count). The molecule has 0 aromatic carbocycles. The summed E-state index contributed by atoms with van der Waals surface area (Å²) in [6, 6.07) is -1.23. The van der Waals surface area contributed by atoms with Gasteiger partial charge in [0.15, 0.2) is 18.1 Å². The molecule has 12 heteroatoms. The molecule has 1 heterocycles. The van der Waals surface area contributed by atoms with Gasteiger partial charge in [0.05, 0.1) is 6.61 Å². The van der Waals surface area contributed by atoms with Crippen LogP contribution in [0.25, 0.3) is 0 Å². The van der Waals surface area contributed by atoms with Crippen molar-refractivity contribution < 1.29 is 37.8 Å². The molecule has 0 spiro atoms. The number of carbonyl (C=O) groups excluding carboxylic acids is 2. The van der Waals surface area contributed by atoms with Crippen LogP contribution in [0.15, 0.2) is 13.6 Å². The van der Waals surface area contributed by atoms with Crippen LogP contribution in [-0.4, -0.2) is 36.3 Å². The van der Waals surface area contributed by atoms with Crippen molar-refractivity contribution in [1.29, 1.82) is 0 Å². The van der Waals surface area contributed by atoms with E-state index in [1.807, 2.05) is 0 Å². The molecular formula is C12H16N2O10. The van der Waals surface area contributed by atoms with Gasteiger partial charge < -0.3 is 28.9 Å². The third-order valence-electron chi connectivity index (χ3n) is 2.63. The second-order valence-corrected chi connectivity index (χ2v) is 4.49. The van der Waals surface area contributed by atoms with Gasteiger partial charge in [0.2, 0.25) is 0 Å². The minimum Gasteiger partial charge on any atom is -0.463 e. The Balaban J connectivity index is 2.24. The molecule has 0 bridgehead atoms. The van der Waals surface area contributed by atoms with Crippen molar-refractivity contribution in [1.82, 2.24) is 0 Å². The minimum absolute atomic E-state index is 0.0448. The second-order valence-electron chi connectivity index (χ2n) is 4.49. The lowest BCUT2D eigenvalue weighted by Crippen LogP contribution is -2.37. The number of hydrogen-bond acceptors (Lipinski definition) is 11. The number of aryl methyl sites for hydroxylation is 1. The summed E-state index contributed by atoms with van der Waals surface area (Å²) >= 11 is 0. The van der Waals surface area contributed by atoms with Crippen molar-refractivity contribution in [3.8, 4) is 0 Å². The van der Waals surface area contributed by atoms with Crippen molar-refractivity contribution in [2.45, 2.75) is 32.4 Å². The van der Waals surface area contributed by atoms with Gasteiger partial charge >= 0.3 is 17.8 Å². The maximum atomic E-state index is 11.6. The summed E-state index contributed by atoms with van der Waals surface area (Å²) in [5, 5.41) is 8.92. The smallest absolute Gasteiger partial charge is 0.463 e. The molecule has 0 aliphatic rings. The zero-order valence-corrected chi connectivity index (χ0v) is 12.7. The van der Waals surface area contributed by atoms with Gasteiger partial charge in [0, 0.05) is 6.42 Å². The van der Waals surface area contributed by atoms with Crippen LogP contribution in [0.5, 0.6) is 0 Å². The van der Waals surface area contributed by atoms with Gasteiger partial charge in [0.25, 0.3) is 5.09 Å². The summed E-state index contributed by atoms with van der Waals surface area (Å²) in [5.74, 6) is -2.27. The molecule has 0 aliphatic heterocycles. The van der Waals surface area contributed by atoms with Crippen LogP contribution < -0.4 is 11.6 Å². The molecule has 0 radical (unpaired) electrons. The number of ether oxygens (including phenoxy) is 2. The van der Waals surface area contributed by atoms with E-state index in [0.717, 1.165) is 0 Å². The van der Waals surface area contributed by atoms with Crippen molar-refractivity contribution in [3.63, 3.8) is 0 Å². The van der Waals surface area contributed by atoms with Crippen molar-refractivity contribution in [2.75, 3.05) is 13.2 Å². The predicted molar refractivity (Wildman–Crippen MR) is 72.9 cm³/mol. The molecule has 0 saturated carbocycles. The third kappa shape index (κ3) is 6.91. The van der Waals surface area contributed by atoms with Crippen LogP contribution >= 0.6 is 0 Å². The number of carbonyl (C=O) groups is 2. The summed E-state index contributed by atoms with van der Waals surface area (Å²) in [4.78, 5) is 47.6. The van der Waals surface area contributed by atoms with E-state index in [2.05, 4.69) is 13.7 Å². The molecule has 134 valence electrons. The molecule has 0 saturated heterocycles. The Bertz CT molecular complexity index is 634. The fraction of sp³-hybridized carbons (Fsp3) is 0.583. The summed E-state index contributed by atoms with van der Waals surface area (Å²) < 4.78 is 18.7. The fourth-order valence-corrected chi connectivity index (χ4v) is 1.43. The Hall–Kier alpha value is -2.89. The number of hydrogen-bond donors (Lipinski definition) is 1. The lowest BCUT2D eigenvalue weighted by molar-refractivity contribution is -0.757. The SMILES string of the molecule is Cc1oc(=O)oc1COC(=O)C(N)COC(=O)CCCO[N+](=O)[O-]. The Morgan fingerprint density at radius 1 is 1.33 bits per heavy atom. The highest BCUT2D eigenvalue weighted by Crippen LogP contribution is 2.07. The summed E-state index contributed by atoms with van der Waals surface area (Å²) in [5.41, 5.74) is 5.49. The van der Waals surface area contributed by atoms with E-state index in [1.54, 1.807) is 0 Å². The molecule has 1 atom stereocenters. The van der Waals surface area contributed by atoms with Gasteiger partial charge in [-0.25, -0.2) is 4.79 Å². The quantitative estimate of drug-likeness (QED) is 0.248. The largest absolute Gasteiger partial charge is 0.519 e. The summed E-state index contributed by atoms with van der Waals surface area (Å²) in [6.07, 6.45) is -0.0483.